The van der Waals surface area contributed by atoms with E-state index in [1.807, 2.05) is 6.07 Å². The van der Waals surface area contributed by atoms with Crippen LogP contribution in [0.5, 0.6) is 0 Å². The van der Waals surface area contributed by atoms with Crippen LogP contribution in [0.4, 0.5) is 5.82 Å². The van der Waals surface area contributed by atoms with Crippen molar-refractivity contribution in [2.24, 2.45) is 5.92 Å². The van der Waals surface area contributed by atoms with Crippen LogP contribution < -0.4 is 4.90 Å². The monoisotopic (exact) mass is 283 g/mol. The lowest BCUT2D eigenvalue weighted by molar-refractivity contribution is 0.444. The van der Waals surface area contributed by atoms with Crippen molar-refractivity contribution >= 4 is 21.7 Å². The van der Waals surface area contributed by atoms with Gasteiger partial charge >= 0.3 is 0 Å². The maximum Gasteiger partial charge on any atom is 0.133 e. The molecule has 0 N–H and O–H groups in total. The van der Waals surface area contributed by atoms with Gasteiger partial charge in [0.2, 0.25) is 0 Å². The van der Waals surface area contributed by atoms with Crippen LogP contribution >= 0.6 is 15.9 Å². The molecule has 0 radical (unpaired) electrons. The minimum atomic E-state index is 0.771. The van der Waals surface area contributed by atoms with Gasteiger partial charge in [-0.15, -0.1) is 0 Å². The summed E-state index contributed by atoms with van der Waals surface area (Å²) in [4.78, 5) is 11.3. The zero-order valence-corrected chi connectivity index (χ0v) is 11.5. The van der Waals surface area contributed by atoms with Gasteiger partial charge in [-0.05, 0) is 34.7 Å². The van der Waals surface area contributed by atoms with E-state index in [1.165, 1.54) is 12.8 Å². The van der Waals surface area contributed by atoms with E-state index in [2.05, 4.69) is 44.6 Å². The highest BCUT2D eigenvalue weighted by molar-refractivity contribution is 9.10. The average molecular weight is 284 g/mol. The Kier molecular flexibility index (Phi) is 3.79. The highest BCUT2D eigenvalue weighted by Crippen LogP contribution is 2.23. The van der Waals surface area contributed by atoms with E-state index in [0.29, 0.717) is 0 Å². The molecule has 1 unspecified atom stereocenters. The minimum Gasteiger partial charge on any atom is -0.356 e. The first-order valence-corrected chi connectivity index (χ1v) is 6.76. The van der Waals surface area contributed by atoms with Crippen molar-refractivity contribution in [3.63, 3.8) is 0 Å². The molecule has 0 amide bonds. The number of rotatable bonds is 2. The largest absolute Gasteiger partial charge is 0.356 e. The summed E-state index contributed by atoms with van der Waals surface area (Å²) in [6.07, 6.45) is 3.49. The average Bonchev–Trinajstić information content (AvgIpc) is 2.28. The van der Waals surface area contributed by atoms with Crippen molar-refractivity contribution in [3.05, 3.63) is 16.5 Å². The molecule has 0 spiro atoms. The van der Waals surface area contributed by atoms with Crippen LogP contribution in [0.15, 0.2) is 10.7 Å². The molecular weight excluding hydrogens is 266 g/mol. The predicted octanol–water partition coefficient (Wildman–Crippen LogP) is 3.04. The molecule has 1 aromatic heterocycles. The number of anilines is 1. The van der Waals surface area contributed by atoms with Gasteiger partial charge < -0.3 is 4.90 Å². The summed E-state index contributed by atoms with van der Waals surface area (Å²) in [6, 6.07) is 2.02. The van der Waals surface area contributed by atoms with E-state index in [9.17, 15) is 0 Å². The van der Waals surface area contributed by atoms with E-state index in [1.54, 1.807) is 0 Å². The number of halogens is 1. The number of aryl methyl sites for hydroxylation is 1. The summed E-state index contributed by atoms with van der Waals surface area (Å²) in [5.41, 5.74) is 0. The lowest BCUT2D eigenvalue weighted by atomic mass is 10.0. The molecule has 4 heteroatoms. The van der Waals surface area contributed by atoms with E-state index in [4.69, 9.17) is 0 Å². The normalized spacial score (nSPS) is 21.2. The van der Waals surface area contributed by atoms with Crippen LogP contribution in [0.25, 0.3) is 0 Å². The molecule has 0 bridgehead atoms. The molecule has 1 aliphatic rings. The zero-order valence-electron chi connectivity index (χ0n) is 9.91. The van der Waals surface area contributed by atoms with Crippen LogP contribution in [0, 0.1) is 5.92 Å². The number of hydrogen-bond donors (Lipinski definition) is 0. The van der Waals surface area contributed by atoms with Crippen molar-refractivity contribution in [3.8, 4) is 0 Å². The maximum atomic E-state index is 4.60. The van der Waals surface area contributed by atoms with Crippen LogP contribution in [-0.2, 0) is 6.42 Å². The Morgan fingerprint density at radius 2 is 2.31 bits per heavy atom. The first kappa shape index (κ1) is 11.8. The molecule has 1 fully saturated rings. The maximum absolute atomic E-state index is 4.60. The van der Waals surface area contributed by atoms with Crippen molar-refractivity contribution in [1.82, 2.24) is 9.97 Å². The molecule has 0 saturated carbocycles. The SMILES string of the molecule is CCc1nc(Br)cc(N2CCCC(C)C2)n1. The Hall–Kier alpha value is -0.640. The fourth-order valence-electron chi connectivity index (χ4n) is 2.17. The van der Waals surface area contributed by atoms with Crippen molar-refractivity contribution in [1.29, 1.82) is 0 Å². The van der Waals surface area contributed by atoms with Gasteiger partial charge in [0.25, 0.3) is 0 Å². The molecule has 1 atom stereocenters. The first-order chi connectivity index (χ1) is 7.69. The van der Waals surface area contributed by atoms with Crippen LogP contribution in [-0.4, -0.2) is 23.1 Å². The molecule has 1 saturated heterocycles. The van der Waals surface area contributed by atoms with Crippen molar-refractivity contribution in [2.45, 2.75) is 33.1 Å². The summed E-state index contributed by atoms with van der Waals surface area (Å²) in [7, 11) is 0. The van der Waals surface area contributed by atoms with E-state index >= 15 is 0 Å². The van der Waals surface area contributed by atoms with Crippen molar-refractivity contribution in [2.75, 3.05) is 18.0 Å². The minimum absolute atomic E-state index is 0.771. The van der Waals surface area contributed by atoms with Gasteiger partial charge in [0.1, 0.15) is 16.2 Å². The molecule has 16 heavy (non-hydrogen) atoms. The molecule has 88 valence electrons. The Labute approximate surface area is 105 Å². The quantitative estimate of drug-likeness (QED) is 0.782. The third kappa shape index (κ3) is 2.73. The standard InChI is InChI=1S/C12H18BrN3/c1-3-11-14-10(13)7-12(15-11)16-6-4-5-9(2)8-16/h7,9H,3-6,8H2,1-2H3. The molecule has 0 aliphatic carbocycles. The topological polar surface area (TPSA) is 29.0 Å². The molecular formula is C12H18BrN3. The van der Waals surface area contributed by atoms with Crippen LogP contribution in [0.3, 0.4) is 0 Å². The summed E-state index contributed by atoms with van der Waals surface area (Å²) >= 11 is 3.46. The van der Waals surface area contributed by atoms with Gasteiger partial charge in [-0.2, -0.15) is 0 Å². The van der Waals surface area contributed by atoms with E-state index in [-0.39, 0.29) is 0 Å². The second kappa shape index (κ2) is 5.13. The third-order valence-electron chi connectivity index (χ3n) is 3.02. The van der Waals surface area contributed by atoms with Crippen molar-refractivity contribution < 1.29 is 0 Å². The lowest BCUT2D eigenvalue weighted by Crippen LogP contribution is -2.35. The fourth-order valence-corrected chi connectivity index (χ4v) is 2.58. The summed E-state index contributed by atoms with van der Waals surface area (Å²) < 4.78 is 0.896. The number of piperidine rings is 1. The van der Waals surface area contributed by atoms with Crippen LogP contribution in [0.2, 0.25) is 0 Å². The molecule has 2 heterocycles. The van der Waals surface area contributed by atoms with Gasteiger partial charge in [0.05, 0.1) is 0 Å². The molecule has 1 aliphatic heterocycles. The number of nitrogens with zero attached hydrogens (tertiary/aromatic N) is 3. The second-order valence-corrected chi connectivity index (χ2v) is 5.32. The Bertz CT molecular complexity index is 367. The molecule has 1 aromatic rings. The highest BCUT2D eigenvalue weighted by atomic mass is 79.9. The Balaban J connectivity index is 2.21. The van der Waals surface area contributed by atoms with Gasteiger partial charge in [0.15, 0.2) is 0 Å². The highest BCUT2D eigenvalue weighted by Gasteiger charge is 2.18. The van der Waals surface area contributed by atoms with E-state index in [0.717, 1.165) is 41.7 Å². The third-order valence-corrected chi connectivity index (χ3v) is 3.43. The number of hydrogen-bond acceptors (Lipinski definition) is 3. The second-order valence-electron chi connectivity index (χ2n) is 4.51. The van der Waals surface area contributed by atoms with Gasteiger partial charge in [-0.3, -0.25) is 0 Å². The van der Waals surface area contributed by atoms with E-state index < -0.39 is 0 Å². The molecule has 0 aromatic carbocycles. The molecule has 2 rings (SSSR count). The van der Waals surface area contributed by atoms with Crippen LogP contribution in [0.1, 0.15) is 32.5 Å². The predicted molar refractivity (Wildman–Crippen MR) is 69.7 cm³/mol. The Morgan fingerprint density at radius 1 is 1.50 bits per heavy atom. The van der Waals surface area contributed by atoms with Gasteiger partial charge in [-0.1, -0.05) is 13.8 Å². The lowest BCUT2D eigenvalue weighted by Gasteiger charge is -2.32. The summed E-state index contributed by atoms with van der Waals surface area (Å²) in [5, 5.41) is 0. The summed E-state index contributed by atoms with van der Waals surface area (Å²) in [6.45, 7) is 6.64. The van der Waals surface area contributed by atoms with Gasteiger partial charge in [0, 0.05) is 25.6 Å². The Morgan fingerprint density at radius 3 is 3.00 bits per heavy atom. The summed E-state index contributed by atoms with van der Waals surface area (Å²) in [5.74, 6) is 2.76. The van der Waals surface area contributed by atoms with Gasteiger partial charge in [-0.25, -0.2) is 9.97 Å². The molecule has 3 nitrogen and oxygen atoms in total. The fraction of sp³-hybridized carbons (Fsp3) is 0.667. The first-order valence-electron chi connectivity index (χ1n) is 5.97. The zero-order chi connectivity index (χ0) is 11.5. The smallest absolute Gasteiger partial charge is 0.133 e. The number of aromatic nitrogens is 2.